The van der Waals surface area contributed by atoms with Crippen LogP contribution in [0.2, 0.25) is 0 Å². The molecule has 0 aliphatic heterocycles. The second-order valence-electron chi connectivity index (χ2n) is 4.31. The molecule has 0 spiro atoms. The maximum Gasteiger partial charge on any atom is 0.119 e. The van der Waals surface area contributed by atoms with Gasteiger partial charge in [0.2, 0.25) is 0 Å². The van der Waals surface area contributed by atoms with Crippen molar-refractivity contribution in [2.45, 2.75) is 44.8 Å². The lowest BCUT2D eigenvalue weighted by Crippen LogP contribution is -2.19. The summed E-state index contributed by atoms with van der Waals surface area (Å²) in [5, 5.41) is 0. The van der Waals surface area contributed by atoms with Crippen molar-refractivity contribution in [2.24, 2.45) is 5.73 Å². The molecule has 0 aromatic heterocycles. The van der Waals surface area contributed by atoms with Crippen LogP contribution in [-0.2, 0) is 6.42 Å². The summed E-state index contributed by atoms with van der Waals surface area (Å²) in [4.78, 5) is 0. The van der Waals surface area contributed by atoms with Crippen molar-refractivity contribution in [3.05, 3.63) is 29.8 Å². The molecule has 1 fully saturated rings. The van der Waals surface area contributed by atoms with Crippen molar-refractivity contribution in [2.75, 3.05) is 0 Å². The van der Waals surface area contributed by atoms with Gasteiger partial charge in [-0.05, 0) is 43.4 Å². The monoisotopic (exact) mass is 205 g/mol. The molecule has 2 rings (SSSR count). The van der Waals surface area contributed by atoms with Crippen LogP contribution in [0.3, 0.4) is 0 Å². The van der Waals surface area contributed by atoms with Gasteiger partial charge in [-0.1, -0.05) is 19.1 Å². The van der Waals surface area contributed by atoms with E-state index < -0.39 is 0 Å². The Morgan fingerprint density at radius 2 is 2.27 bits per heavy atom. The van der Waals surface area contributed by atoms with E-state index in [1.165, 1.54) is 5.56 Å². The topological polar surface area (TPSA) is 35.2 Å². The molecule has 2 heteroatoms. The number of hydrogen-bond acceptors (Lipinski definition) is 2. The predicted molar refractivity (Wildman–Crippen MR) is 62.1 cm³/mol. The standard InChI is InChI=1S/C13H19NO/c1-2-10-4-3-5-12(8-10)15-13-7-6-11(14)9-13/h3-5,8,11,13H,2,6-7,9,14H2,1H3. The quantitative estimate of drug-likeness (QED) is 0.823. The molecule has 0 heterocycles. The van der Waals surface area contributed by atoms with E-state index in [4.69, 9.17) is 10.5 Å². The Labute approximate surface area is 91.4 Å². The van der Waals surface area contributed by atoms with Crippen LogP contribution >= 0.6 is 0 Å². The van der Waals surface area contributed by atoms with E-state index in [-0.39, 0.29) is 0 Å². The van der Waals surface area contributed by atoms with Crippen LogP contribution < -0.4 is 10.5 Å². The zero-order chi connectivity index (χ0) is 10.7. The van der Waals surface area contributed by atoms with Gasteiger partial charge in [0.1, 0.15) is 11.9 Å². The molecule has 82 valence electrons. The fraction of sp³-hybridized carbons (Fsp3) is 0.538. The highest BCUT2D eigenvalue weighted by Crippen LogP contribution is 2.24. The Bertz CT molecular complexity index is 324. The molecule has 1 aromatic rings. The van der Waals surface area contributed by atoms with Gasteiger partial charge in [0.15, 0.2) is 0 Å². The zero-order valence-electron chi connectivity index (χ0n) is 9.28. The molecule has 1 aliphatic rings. The highest BCUT2D eigenvalue weighted by Gasteiger charge is 2.22. The van der Waals surface area contributed by atoms with Gasteiger partial charge in [0.25, 0.3) is 0 Å². The minimum atomic E-state index is 0.326. The Kier molecular flexibility index (Phi) is 3.27. The lowest BCUT2D eigenvalue weighted by molar-refractivity contribution is 0.208. The summed E-state index contributed by atoms with van der Waals surface area (Å²) in [6, 6.07) is 8.69. The molecule has 2 N–H and O–H groups in total. The third-order valence-electron chi connectivity index (χ3n) is 3.03. The van der Waals surface area contributed by atoms with Gasteiger partial charge in [0.05, 0.1) is 0 Å². The smallest absolute Gasteiger partial charge is 0.119 e. The largest absolute Gasteiger partial charge is 0.490 e. The Balaban J connectivity index is 1.98. The summed E-state index contributed by atoms with van der Waals surface area (Å²) >= 11 is 0. The lowest BCUT2D eigenvalue weighted by atomic mass is 10.1. The molecule has 2 nitrogen and oxygen atoms in total. The van der Waals surface area contributed by atoms with Gasteiger partial charge in [-0.15, -0.1) is 0 Å². The van der Waals surface area contributed by atoms with Crippen LogP contribution in [0, 0.1) is 0 Å². The predicted octanol–water partition coefficient (Wildman–Crippen LogP) is 2.51. The van der Waals surface area contributed by atoms with E-state index in [9.17, 15) is 0 Å². The third kappa shape index (κ3) is 2.72. The fourth-order valence-electron chi connectivity index (χ4n) is 2.11. The van der Waals surface area contributed by atoms with Gasteiger partial charge in [-0.25, -0.2) is 0 Å². The van der Waals surface area contributed by atoms with Gasteiger partial charge in [-0.3, -0.25) is 0 Å². The van der Waals surface area contributed by atoms with Crippen LogP contribution in [0.1, 0.15) is 31.7 Å². The molecule has 1 aromatic carbocycles. The first kappa shape index (κ1) is 10.5. The number of ether oxygens (including phenoxy) is 1. The second-order valence-corrected chi connectivity index (χ2v) is 4.31. The van der Waals surface area contributed by atoms with Gasteiger partial charge >= 0.3 is 0 Å². The molecule has 2 atom stereocenters. The Hall–Kier alpha value is -1.02. The van der Waals surface area contributed by atoms with Crippen LogP contribution in [0.4, 0.5) is 0 Å². The lowest BCUT2D eigenvalue weighted by Gasteiger charge is -2.13. The summed E-state index contributed by atoms with van der Waals surface area (Å²) in [6.07, 6.45) is 4.57. The molecule has 0 amide bonds. The number of benzene rings is 1. The summed E-state index contributed by atoms with van der Waals surface area (Å²) in [5.74, 6) is 0.994. The van der Waals surface area contributed by atoms with Crippen molar-refractivity contribution in [3.8, 4) is 5.75 Å². The van der Waals surface area contributed by atoms with E-state index in [0.717, 1.165) is 31.4 Å². The molecule has 0 saturated heterocycles. The summed E-state index contributed by atoms with van der Waals surface area (Å²) in [7, 11) is 0. The maximum atomic E-state index is 5.91. The fourth-order valence-corrected chi connectivity index (χ4v) is 2.11. The van der Waals surface area contributed by atoms with Crippen LogP contribution in [-0.4, -0.2) is 12.1 Å². The van der Waals surface area contributed by atoms with Crippen molar-refractivity contribution in [1.29, 1.82) is 0 Å². The first-order chi connectivity index (χ1) is 7.28. The average Bonchev–Trinajstić information content (AvgIpc) is 2.64. The minimum absolute atomic E-state index is 0.326. The van der Waals surface area contributed by atoms with Crippen LogP contribution in [0.15, 0.2) is 24.3 Å². The SMILES string of the molecule is CCc1cccc(OC2CCC(N)C2)c1. The summed E-state index contributed by atoms with van der Waals surface area (Å²) < 4.78 is 5.91. The average molecular weight is 205 g/mol. The summed E-state index contributed by atoms with van der Waals surface area (Å²) in [6.45, 7) is 2.16. The van der Waals surface area contributed by atoms with Crippen molar-refractivity contribution < 1.29 is 4.74 Å². The van der Waals surface area contributed by atoms with Crippen LogP contribution in [0.5, 0.6) is 5.75 Å². The van der Waals surface area contributed by atoms with Crippen molar-refractivity contribution >= 4 is 0 Å². The Morgan fingerprint density at radius 1 is 1.40 bits per heavy atom. The normalized spacial score (nSPS) is 25.5. The number of rotatable bonds is 3. The zero-order valence-corrected chi connectivity index (χ0v) is 9.28. The number of nitrogens with two attached hydrogens (primary N) is 1. The van der Waals surface area contributed by atoms with Gasteiger partial charge < -0.3 is 10.5 Å². The van der Waals surface area contributed by atoms with E-state index in [2.05, 4.69) is 25.1 Å². The van der Waals surface area contributed by atoms with Crippen molar-refractivity contribution in [1.82, 2.24) is 0 Å². The van der Waals surface area contributed by atoms with E-state index in [1.54, 1.807) is 0 Å². The first-order valence-electron chi connectivity index (χ1n) is 5.79. The number of hydrogen-bond donors (Lipinski definition) is 1. The maximum absolute atomic E-state index is 5.91. The first-order valence-corrected chi connectivity index (χ1v) is 5.79. The van der Waals surface area contributed by atoms with E-state index in [1.807, 2.05) is 6.07 Å². The number of aryl methyl sites for hydroxylation is 1. The highest BCUT2D eigenvalue weighted by atomic mass is 16.5. The molecule has 0 bridgehead atoms. The summed E-state index contributed by atoms with van der Waals surface area (Å²) in [5.41, 5.74) is 7.18. The molecule has 15 heavy (non-hydrogen) atoms. The van der Waals surface area contributed by atoms with Crippen LogP contribution in [0.25, 0.3) is 0 Å². The van der Waals surface area contributed by atoms with Gasteiger partial charge in [0, 0.05) is 6.04 Å². The molecule has 2 unspecified atom stereocenters. The third-order valence-corrected chi connectivity index (χ3v) is 3.03. The second kappa shape index (κ2) is 4.67. The molecular formula is C13H19NO. The van der Waals surface area contributed by atoms with E-state index >= 15 is 0 Å². The Morgan fingerprint density at radius 3 is 2.93 bits per heavy atom. The molecule has 1 aliphatic carbocycles. The minimum Gasteiger partial charge on any atom is -0.490 e. The van der Waals surface area contributed by atoms with Gasteiger partial charge in [-0.2, -0.15) is 0 Å². The molecule has 1 saturated carbocycles. The van der Waals surface area contributed by atoms with E-state index in [0.29, 0.717) is 12.1 Å². The van der Waals surface area contributed by atoms with Crippen molar-refractivity contribution in [3.63, 3.8) is 0 Å². The highest BCUT2D eigenvalue weighted by molar-refractivity contribution is 5.28. The molecular weight excluding hydrogens is 186 g/mol. The molecule has 0 radical (unpaired) electrons.